The smallest absolute Gasteiger partial charge is 0.177 e. The second-order valence-corrected chi connectivity index (χ2v) is 5.71. The van der Waals surface area contributed by atoms with E-state index in [-0.39, 0.29) is 5.79 Å². The van der Waals surface area contributed by atoms with E-state index in [9.17, 15) is 0 Å². The van der Waals surface area contributed by atoms with Crippen molar-refractivity contribution in [3.05, 3.63) is 35.5 Å². The Morgan fingerprint density at radius 2 is 2.00 bits per heavy atom. The van der Waals surface area contributed by atoms with Gasteiger partial charge >= 0.3 is 0 Å². The zero-order valence-corrected chi connectivity index (χ0v) is 12.8. The summed E-state index contributed by atoms with van der Waals surface area (Å²) < 4.78 is 11.2. The van der Waals surface area contributed by atoms with Crippen LogP contribution in [0.3, 0.4) is 0 Å². The fraction of sp³-hybridized carbons (Fsp3) is 0.647. The van der Waals surface area contributed by atoms with E-state index in [2.05, 4.69) is 36.5 Å². The van der Waals surface area contributed by atoms with Gasteiger partial charge in [0.05, 0.1) is 13.2 Å². The Labute approximate surface area is 122 Å². The van der Waals surface area contributed by atoms with Crippen LogP contribution in [0.2, 0.25) is 0 Å². The van der Waals surface area contributed by atoms with Crippen molar-refractivity contribution >= 4 is 0 Å². The predicted octanol–water partition coefficient (Wildman–Crippen LogP) is 3.34. The summed E-state index contributed by atoms with van der Waals surface area (Å²) in [6.07, 6.45) is 13.5. The van der Waals surface area contributed by atoms with Gasteiger partial charge in [-0.05, 0) is 30.9 Å². The molecule has 3 heteroatoms. The Balaban J connectivity index is 0.000000173. The third kappa shape index (κ3) is 4.89. The van der Waals surface area contributed by atoms with Gasteiger partial charge in [-0.1, -0.05) is 44.1 Å². The van der Waals surface area contributed by atoms with Crippen LogP contribution in [0.5, 0.6) is 0 Å². The number of ether oxygens (including phenoxy) is 2. The minimum atomic E-state index is -0.383. The molecule has 1 heterocycles. The van der Waals surface area contributed by atoms with Gasteiger partial charge in [-0.15, -0.1) is 0 Å². The molecule has 2 aliphatic carbocycles. The number of rotatable bonds is 5. The van der Waals surface area contributed by atoms with Gasteiger partial charge in [0.25, 0.3) is 0 Å². The standard InChI is InChI=1S/C10H21NO2.C7H6/c1-3-4-5-7-12-10(2)9-11-6-8-13-10;1-2-7-4-3-6(1)5-7/h11H,3-9H2,1-2H3;1-4H,5H2. The number of hydrogen-bond donors (Lipinski definition) is 1. The maximum absolute atomic E-state index is 5.69. The van der Waals surface area contributed by atoms with Crippen LogP contribution in [0.4, 0.5) is 0 Å². The number of morpholine rings is 1. The van der Waals surface area contributed by atoms with E-state index in [1.54, 1.807) is 0 Å². The van der Waals surface area contributed by atoms with E-state index in [1.165, 1.54) is 30.4 Å². The molecule has 1 unspecified atom stereocenters. The molecular weight excluding hydrogens is 250 g/mol. The number of fused-ring (bicyclic) bond motifs is 2. The average molecular weight is 277 g/mol. The molecule has 1 N–H and O–H groups in total. The fourth-order valence-corrected chi connectivity index (χ4v) is 2.45. The molecule has 0 aromatic carbocycles. The van der Waals surface area contributed by atoms with Crippen molar-refractivity contribution in [1.29, 1.82) is 0 Å². The molecule has 3 rings (SSSR count). The van der Waals surface area contributed by atoms with E-state index in [4.69, 9.17) is 9.47 Å². The summed E-state index contributed by atoms with van der Waals surface area (Å²) in [6.45, 7) is 7.51. The molecule has 20 heavy (non-hydrogen) atoms. The van der Waals surface area contributed by atoms with Crippen molar-refractivity contribution in [2.75, 3.05) is 26.3 Å². The summed E-state index contributed by atoms with van der Waals surface area (Å²) in [6, 6.07) is 0. The third-order valence-electron chi connectivity index (χ3n) is 3.72. The first-order chi connectivity index (χ1) is 9.72. The minimum Gasteiger partial charge on any atom is -0.349 e. The number of nitrogens with one attached hydrogen (secondary N) is 1. The van der Waals surface area contributed by atoms with Gasteiger partial charge < -0.3 is 14.8 Å². The lowest BCUT2D eigenvalue weighted by Crippen LogP contribution is -2.49. The van der Waals surface area contributed by atoms with Crippen LogP contribution < -0.4 is 5.32 Å². The van der Waals surface area contributed by atoms with Crippen molar-refractivity contribution in [3.8, 4) is 0 Å². The molecule has 2 bridgehead atoms. The Bertz CT molecular complexity index is 370. The molecule has 1 fully saturated rings. The highest BCUT2D eigenvalue weighted by Gasteiger charge is 2.27. The van der Waals surface area contributed by atoms with Crippen molar-refractivity contribution < 1.29 is 9.47 Å². The molecule has 0 aromatic heterocycles. The van der Waals surface area contributed by atoms with Gasteiger partial charge in [-0.3, -0.25) is 0 Å². The molecule has 3 nitrogen and oxygen atoms in total. The van der Waals surface area contributed by atoms with Crippen molar-refractivity contribution in [2.45, 2.75) is 45.3 Å². The fourth-order valence-electron chi connectivity index (χ4n) is 2.45. The maximum atomic E-state index is 5.69. The molecule has 112 valence electrons. The third-order valence-corrected chi connectivity index (χ3v) is 3.72. The summed E-state index contributed by atoms with van der Waals surface area (Å²) >= 11 is 0. The normalized spacial score (nSPS) is 26.9. The highest BCUT2D eigenvalue weighted by atomic mass is 16.7. The van der Waals surface area contributed by atoms with Crippen LogP contribution in [0, 0.1) is 0 Å². The average Bonchev–Trinajstić information content (AvgIpc) is 3.10. The van der Waals surface area contributed by atoms with Gasteiger partial charge in [-0.25, -0.2) is 0 Å². The molecule has 3 aliphatic rings. The van der Waals surface area contributed by atoms with Gasteiger partial charge in [0, 0.05) is 13.1 Å². The van der Waals surface area contributed by atoms with Crippen molar-refractivity contribution in [1.82, 2.24) is 5.32 Å². The number of allylic oxidation sites excluding steroid dienone is 6. The number of unbranched alkanes of at least 4 members (excludes halogenated alkanes) is 2. The topological polar surface area (TPSA) is 30.5 Å². The lowest BCUT2D eigenvalue weighted by molar-refractivity contribution is -0.234. The summed E-state index contributed by atoms with van der Waals surface area (Å²) in [7, 11) is 0. The van der Waals surface area contributed by atoms with Crippen LogP contribution >= 0.6 is 0 Å². The van der Waals surface area contributed by atoms with Crippen LogP contribution in [-0.4, -0.2) is 32.1 Å². The Hall–Kier alpha value is -0.900. The molecular formula is C17H27NO2. The Morgan fingerprint density at radius 1 is 1.25 bits per heavy atom. The highest BCUT2D eigenvalue weighted by Crippen LogP contribution is 2.27. The SMILES string of the molecule is C1=CC2=CC=C1C2.CCCCCOC1(C)CNCCO1. The Kier molecular flexibility index (Phi) is 6.02. The van der Waals surface area contributed by atoms with Crippen molar-refractivity contribution in [3.63, 3.8) is 0 Å². The molecule has 0 aromatic rings. The van der Waals surface area contributed by atoms with Gasteiger partial charge in [-0.2, -0.15) is 0 Å². The first kappa shape index (κ1) is 15.5. The molecule has 1 aliphatic heterocycles. The zero-order valence-electron chi connectivity index (χ0n) is 12.8. The second-order valence-electron chi connectivity index (χ2n) is 5.71. The molecule has 1 atom stereocenters. The maximum Gasteiger partial charge on any atom is 0.177 e. The van der Waals surface area contributed by atoms with E-state index >= 15 is 0 Å². The molecule has 1 saturated heterocycles. The van der Waals surface area contributed by atoms with E-state index in [1.807, 2.05) is 6.92 Å². The van der Waals surface area contributed by atoms with Crippen LogP contribution in [0.25, 0.3) is 0 Å². The number of hydrogen-bond acceptors (Lipinski definition) is 3. The van der Waals surface area contributed by atoms with E-state index in [0.29, 0.717) is 0 Å². The first-order valence-electron chi connectivity index (χ1n) is 7.78. The summed E-state index contributed by atoms with van der Waals surface area (Å²) in [5.74, 6) is -0.383. The quantitative estimate of drug-likeness (QED) is 0.782. The highest BCUT2D eigenvalue weighted by molar-refractivity contribution is 5.49. The Morgan fingerprint density at radius 3 is 2.45 bits per heavy atom. The van der Waals surface area contributed by atoms with E-state index < -0.39 is 0 Å². The zero-order chi connectivity index (χ0) is 14.3. The van der Waals surface area contributed by atoms with E-state index in [0.717, 1.165) is 32.7 Å². The van der Waals surface area contributed by atoms with Crippen LogP contribution in [-0.2, 0) is 9.47 Å². The minimum absolute atomic E-state index is 0.383. The largest absolute Gasteiger partial charge is 0.349 e. The first-order valence-corrected chi connectivity index (χ1v) is 7.78. The van der Waals surface area contributed by atoms with Crippen LogP contribution in [0.1, 0.15) is 39.5 Å². The van der Waals surface area contributed by atoms with Crippen molar-refractivity contribution in [2.24, 2.45) is 0 Å². The van der Waals surface area contributed by atoms with Crippen LogP contribution in [0.15, 0.2) is 35.5 Å². The molecule has 0 amide bonds. The van der Waals surface area contributed by atoms with Gasteiger partial charge in [0.15, 0.2) is 5.79 Å². The summed E-state index contributed by atoms with van der Waals surface area (Å²) in [5, 5.41) is 3.27. The summed E-state index contributed by atoms with van der Waals surface area (Å²) in [5.41, 5.74) is 2.94. The van der Waals surface area contributed by atoms with Gasteiger partial charge in [0.1, 0.15) is 0 Å². The predicted molar refractivity (Wildman–Crippen MR) is 82.6 cm³/mol. The molecule has 0 saturated carbocycles. The van der Waals surface area contributed by atoms with Gasteiger partial charge in [0.2, 0.25) is 0 Å². The molecule has 0 spiro atoms. The molecule has 0 radical (unpaired) electrons. The summed E-state index contributed by atoms with van der Waals surface area (Å²) in [4.78, 5) is 0. The monoisotopic (exact) mass is 277 g/mol. The lowest BCUT2D eigenvalue weighted by atomic mass is 10.2. The lowest BCUT2D eigenvalue weighted by Gasteiger charge is -2.34. The second kappa shape index (κ2) is 7.77.